The maximum Gasteiger partial charge on any atom is 0.125 e. The molecule has 2 heteroatoms. The van der Waals surface area contributed by atoms with E-state index in [0.29, 0.717) is 6.04 Å². The van der Waals surface area contributed by atoms with Gasteiger partial charge in [-0.1, -0.05) is 13.0 Å². The smallest absolute Gasteiger partial charge is 0.125 e. The van der Waals surface area contributed by atoms with Gasteiger partial charge in [-0.15, -0.1) is 0 Å². The molecule has 1 nitrogen and oxygen atoms in total. The third kappa shape index (κ3) is 2.25. The molecule has 1 aromatic carbocycles. The second-order valence-electron chi connectivity index (χ2n) is 4.27. The minimum Gasteiger partial charge on any atom is -0.382 e. The highest BCUT2D eigenvalue weighted by molar-refractivity contribution is 5.44. The van der Waals surface area contributed by atoms with Gasteiger partial charge in [-0.3, -0.25) is 0 Å². The lowest BCUT2D eigenvalue weighted by Crippen LogP contribution is -2.15. The number of hydrogen-bond donors (Lipinski definition) is 1. The molecule has 0 heterocycles. The van der Waals surface area contributed by atoms with Crippen molar-refractivity contribution in [2.75, 3.05) is 5.32 Å². The zero-order chi connectivity index (χ0) is 9.97. The van der Waals surface area contributed by atoms with Gasteiger partial charge in [0.2, 0.25) is 0 Å². The van der Waals surface area contributed by atoms with Crippen LogP contribution in [0.5, 0.6) is 0 Å². The van der Waals surface area contributed by atoms with Gasteiger partial charge in [0.15, 0.2) is 0 Å². The van der Waals surface area contributed by atoms with Gasteiger partial charge >= 0.3 is 0 Å². The van der Waals surface area contributed by atoms with Crippen LogP contribution in [-0.2, 0) is 0 Å². The van der Waals surface area contributed by atoms with Gasteiger partial charge in [0.05, 0.1) is 0 Å². The van der Waals surface area contributed by atoms with Crippen LogP contribution in [-0.4, -0.2) is 6.04 Å². The first kappa shape index (κ1) is 9.50. The molecular formula is C12H16FN. The molecule has 1 aromatic rings. The summed E-state index contributed by atoms with van der Waals surface area (Å²) in [6.45, 7) is 2.27. The average molecular weight is 193 g/mol. The van der Waals surface area contributed by atoms with Crippen LogP contribution in [0, 0.1) is 11.7 Å². The Morgan fingerprint density at radius 2 is 2.21 bits per heavy atom. The topological polar surface area (TPSA) is 12.0 Å². The molecule has 2 atom stereocenters. The van der Waals surface area contributed by atoms with Crippen molar-refractivity contribution in [3.63, 3.8) is 0 Å². The summed E-state index contributed by atoms with van der Waals surface area (Å²) in [5.41, 5.74) is 0.907. The van der Waals surface area contributed by atoms with Crippen molar-refractivity contribution >= 4 is 5.69 Å². The van der Waals surface area contributed by atoms with Crippen LogP contribution in [0.1, 0.15) is 26.2 Å². The van der Waals surface area contributed by atoms with E-state index in [0.717, 1.165) is 11.6 Å². The second kappa shape index (κ2) is 3.99. The first-order valence-electron chi connectivity index (χ1n) is 5.26. The monoisotopic (exact) mass is 193 g/mol. The maximum absolute atomic E-state index is 12.9. The lowest BCUT2D eigenvalue weighted by atomic mass is 10.1. The van der Waals surface area contributed by atoms with Gasteiger partial charge in [0.25, 0.3) is 0 Å². The molecule has 1 fully saturated rings. The first-order valence-corrected chi connectivity index (χ1v) is 5.26. The van der Waals surface area contributed by atoms with Gasteiger partial charge in [0.1, 0.15) is 5.82 Å². The third-order valence-electron chi connectivity index (χ3n) is 2.89. The predicted octanol–water partition coefficient (Wildman–Crippen LogP) is 3.43. The van der Waals surface area contributed by atoms with E-state index in [-0.39, 0.29) is 5.82 Å². The summed E-state index contributed by atoms with van der Waals surface area (Å²) >= 11 is 0. The standard InChI is InChI=1S/C12H16FN/c1-9-5-6-12(7-9)14-11-4-2-3-10(13)8-11/h2-4,8-9,12,14H,5-7H2,1H3/t9-,12+/m0/s1. The maximum atomic E-state index is 12.9. The molecule has 0 saturated heterocycles. The molecule has 0 amide bonds. The minimum absolute atomic E-state index is 0.166. The van der Waals surface area contributed by atoms with E-state index in [1.165, 1.54) is 25.3 Å². The molecule has 0 spiro atoms. The predicted molar refractivity (Wildman–Crippen MR) is 56.8 cm³/mol. The normalized spacial score (nSPS) is 26.4. The van der Waals surface area contributed by atoms with Crippen molar-refractivity contribution in [3.8, 4) is 0 Å². The quantitative estimate of drug-likeness (QED) is 0.758. The molecule has 0 aromatic heterocycles. The Kier molecular flexibility index (Phi) is 2.71. The summed E-state index contributed by atoms with van der Waals surface area (Å²) in [5, 5.41) is 3.37. The molecule has 0 bridgehead atoms. The summed E-state index contributed by atoms with van der Waals surface area (Å²) in [6, 6.07) is 7.24. The van der Waals surface area contributed by atoms with Crippen molar-refractivity contribution in [3.05, 3.63) is 30.1 Å². The molecule has 14 heavy (non-hydrogen) atoms. The van der Waals surface area contributed by atoms with E-state index in [2.05, 4.69) is 12.2 Å². The Balaban J connectivity index is 1.97. The highest BCUT2D eigenvalue weighted by Gasteiger charge is 2.20. The largest absolute Gasteiger partial charge is 0.382 e. The Labute approximate surface area is 84.3 Å². The zero-order valence-corrected chi connectivity index (χ0v) is 8.46. The van der Waals surface area contributed by atoms with Crippen molar-refractivity contribution in [2.24, 2.45) is 5.92 Å². The van der Waals surface area contributed by atoms with Crippen molar-refractivity contribution in [1.82, 2.24) is 0 Å². The number of benzene rings is 1. The number of anilines is 1. The second-order valence-corrected chi connectivity index (χ2v) is 4.27. The van der Waals surface area contributed by atoms with Gasteiger partial charge in [-0.05, 0) is 43.4 Å². The Morgan fingerprint density at radius 1 is 1.36 bits per heavy atom. The molecule has 2 rings (SSSR count). The number of halogens is 1. The molecular weight excluding hydrogens is 177 g/mol. The highest BCUT2D eigenvalue weighted by atomic mass is 19.1. The van der Waals surface area contributed by atoms with Crippen LogP contribution >= 0.6 is 0 Å². The summed E-state index contributed by atoms with van der Waals surface area (Å²) in [5.74, 6) is 0.641. The molecule has 1 aliphatic carbocycles. The van der Waals surface area contributed by atoms with E-state index in [1.54, 1.807) is 12.1 Å². The van der Waals surface area contributed by atoms with Gasteiger partial charge in [-0.25, -0.2) is 4.39 Å². The summed E-state index contributed by atoms with van der Waals surface area (Å²) in [7, 11) is 0. The lowest BCUT2D eigenvalue weighted by molar-refractivity contribution is 0.602. The van der Waals surface area contributed by atoms with Crippen molar-refractivity contribution in [1.29, 1.82) is 0 Å². The van der Waals surface area contributed by atoms with Gasteiger partial charge in [0, 0.05) is 11.7 Å². The number of nitrogens with one attached hydrogen (secondary N) is 1. The van der Waals surface area contributed by atoms with Crippen molar-refractivity contribution < 1.29 is 4.39 Å². The third-order valence-corrected chi connectivity index (χ3v) is 2.89. The average Bonchev–Trinajstić information content (AvgIpc) is 2.51. The van der Waals surface area contributed by atoms with E-state index >= 15 is 0 Å². The highest BCUT2D eigenvalue weighted by Crippen LogP contribution is 2.27. The van der Waals surface area contributed by atoms with E-state index in [4.69, 9.17) is 0 Å². The Morgan fingerprint density at radius 3 is 2.86 bits per heavy atom. The van der Waals surface area contributed by atoms with Crippen molar-refractivity contribution in [2.45, 2.75) is 32.2 Å². The fourth-order valence-corrected chi connectivity index (χ4v) is 2.15. The fourth-order valence-electron chi connectivity index (χ4n) is 2.15. The van der Waals surface area contributed by atoms with Crippen LogP contribution in [0.15, 0.2) is 24.3 Å². The Hall–Kier alpha value is -1.05. The number of rotatable bonds is 2. The SMILES string of the molecule is C[C@H]1CC[C@@H](Nc2cccc(F)c2)C1. The molecule has 0 radical (unpaired) electrons. The van der Waals surface area contributed by atoms with Crippen LogP contribution < -0.4 is 5.32 Å². The molecule has 0 unspecified atom stereocenters. The van der Waals surface area contributed by atoms with Crippen LogP contribution in [0.2, 0.25) is 0 Å². The molecule has 1 saturated carbocycles. The van der Waals surface area contributed by atoms with E-state index < -0.39 is 0 Å². The molecule has 1 aliphatic rings. The van der Waals surface area contributed by atoms with Gasteiger partial charge in [-0.2, -0.15) is 0 Å². The van der Waals surface area contributed by atoms with Crippen LogP contribution in [0.25, 0.3) is 0 Å². The summed E-state index contributed by atoms with van der Waals surface area (Å²) < 4.78 is 12.9. The summed E-state index contributed by atoms with van der Waals surface area (Å²) in [6.07, 6.45) is 3.70. The summed E-state index contributed by atoms with van der Waals surface area (Å²) in [4.78, 5) is 0. The molecule has 0 aliphatic heterocycles. The fraction of sp³-hybridized carbons (Fsp3) is 0.500. The zero-order valence-electron chi connectivity index (χ0n) is 8.46. The Bertz CT molecular complexity index is 311. The number of hydrogen-bond acceptors (Lipinski definition) is 1. The van der Waals surface area contributed by atoms with Crippen LogP contribution in [0.4, 0.5) is 10.1 Å². The first-order chi connectivity index (χ1) is 6.74. The van der Waals surface area contributed by atoms with E-state index in [9.17, 15) is 4.39 Å². The molecule has 1 N–H and O–H groups in total. The minimum atomic E-state index is -0.166. The van der Waals surface area contributed by atoms with E-state index in [1.807, 2.05) is 6.07 Å². The van der Waals surface area contributed by atoms with Crippen LogP contribution in [0.3, 0.4) is 0 Å². The van der Waals surface area contributed by atoms with Gasteiger partial charge < -0.3 is 5.32 Å². The lowest BCUT2D eigenvalue weighted by Gasteiger charge is -2.13. The molecule has 76 valence electrons.